The van der Waals surface area contributed by atoms with Crippen molar-refractivity contribution in [3.8, 4) is 5.75 Å². The normalized spacial score (nSPS) is 25.8. The second-order valence-corrected chi connectivity index (χ2v) is 9.87. The highest BCUT2D eigenvalue weighted by Gasteiger charge is 2.53. The zero-order chi connectivity index (χ0) is 24.1. The second-order valence-electron chi connectivity index (χ2n) is 9.87. The minimum atomic E-state index is -0.488. The first-order valence-corrected chi connectivity index (χ1v) is 12.1. The van der Waals surface area contributed by atoms with Crippen LogP contribution in [0.25, 0.3) is 0 Å². The summed E-state index contributed by atoms with van der Waals surface area (Å²) in [6, 6.07) is 21.0. The van der Waals surface area contributed by atoms with Crippen molar-refractivity contribution in [3.05, 3.63) is 93.5 Å². The molecule has 2 N–H and O–H groups in total. The molecule has 7 nitrogen and oxygen atoms in total. The average Bonchev–Trinajstić information content (AvgIpc) is 3.51. The molecule has 0 saturated heterocycles. The molecular weight excluding hydrogens is 442 g/mol. The fourth-order valence-corrected chi connectivity index (χ4v) is 6.72. The molecule has 2 aliphatic carbocycles. The zero-order valence-corrected chi connectivity index (χ0v) is 19.4. The highest BCUT2D eigenvalue weighted by atomic mass is 16.6. The largest absolute Gasteiger partial charge is 0.495 e. The molecule has 0 unspecified atom stereocenters. The van der Waals surface area contributed by atoms with Gasteiger partial charge >= 0.3 is 0 Å². The van der Waals surface area contributed by atoms with Crippen molar-refractivity contribution in [2.75, 3.05) is 17.7 Å². The maximum atomic E-state index is 13.2. The van der Waals surface area contributed by atoms with Crippen LogP contribution in [0.1, 0.15) is 52.7 Å². The monoisotopic (exact) mass is 469 g/mol. The third kappa shape index (κ3) is 3.62. The lowest BCUT2D eigenvalue weighted by atomic mass is 9.68. The molecule has 0 spiro atoms. The summed E-state index contributed by atoms with van der Waals surface area (Å²) in [4.78, 5) is 24.0. The quantitative estimate of drug-likeness (QED) is 0.345. The molecule has 2 bridgehead atoms. The Hall–Kier alpha value is -3.87. The summed E-state index contributed by atoms with van der Waals surface area (Å²) >= 11 is 0. The van der Waals surface area contributed by atoms with Crippen LogP contribution in [-0.4, -0.2) is 17.9 Å². The molecule has 2 fully saturated rings. The van der Waals surface area contributed by atoms with Crippen molar-refractivity contribution in [2.24, 2.45) is 17.8 Å². The van der Waals surface area contributed by atoms with Gasteiger partial charge in [-0.1, -0.05) is 30.3 Å². The Morgan fingerprint density at radius 1 is 1.06 bits per heavy atom. The Kier molecular flexibility index (Phi) is 5.20. The van der Waals surface area contributed by atoms with E-state index in [1.165, 1.54) is 55.7 Å². The second kappa shape index (κ2) is 8.41. The van der Waals surface area contributed by atoms with Crippen LogP contribution in [0, 0.1) is 27.9 Å². The van der Waals surface area contributed by atoms with Gasteiger partial charge in [-0.25, -0.2) is 0 Å². The van der Waals surface area contributed by atoms with Crippen LogP contribution in [-0.2, 0) is 0 Å². The molecule has 0 aromatic heterocycles. The van der Waals surface area contributed by atoms with Crippen LogP contribution in [0.4, 0.5) is 17.1 Å². The number of carbonyl (C=O) groups is 1. The smallest absolute Gasteiger partial charge is 0.271 e. The minimum absolute atomic E-state index is 0.104. The van der Waals surface area contributed by atoms with Gasteiger partial charge in [0.1, 0.15) is 5.75 Å². The van der Waals surface area contributed by atoms with Crippen molar-refractivity contribution in [2.45, 2.75) is 31.2 Å². The van der Waals surface area contributed by atoms with Crippen LogP contribution in [0.15, 0.2) is 66.7 Å². The van der Waals surface area contributed by atoms with E-state index >= 15 is 0 Å². The molecular formula is C28H27N3O4. The fourth-order valence-electron chi connectivity index (χ4n) is 6.72. The van der Waals surface area contributed by atoms with Crippen molar-refractivity contribution in [1.29, 1.82) is 0 Å². The lowest BCUT2D eigenvalue weighted by molar-refractivity contribution is -0.384. The Bertz CT molecular complexity index is 1310. The Morgan fingerprint density at radius 3 is 2.63 bits per heavy atom. The lowest BCUT2D eigenvalue weighted by Gasteiger charge is -2.43. The molecule has 35 heavy (non-hydrogen) atoms. The molecule has 2 saturated carbocycles. The van der Waals surface area contributed by atoms with Crippen LogP contribution in [0.5, 0.6) is 5.75 Å². The summed E-state index contributed by atoms with van der Waals surface area (Å²) in [5.74, 6) is 2.35. The van der Waals surface area contributed by atoms with Gasteiger partial charge in [0.15, 0.2) is 0 Å². The summed E-state index contributed by atoms with van der Waals surface area (Å²) in [6.45, 7) is 0. The number of benzene rings is 3. The van der Waals surface area contributed by atoms with Gasteiger partial charge in [0.25, 0.3) is 11.6 Å². The molecule has 3 aliphatic rings. The summed E-state index contributed by atoms with van der Waals surface area (Å²) in [5.41, 5.74) is 4.35. The van der Waals surface area contributed by atoms with Gasteiger partial charge in [-0.15, -0.1) is 0 Å². The van der Waals surface area contributed by atoms with Crippen molar-refractivity contribution < 1.29 is 14.5 Å². The molecule has 1 heterocycles. The van der Waals surface area contributed by atoms with Gasteiger partial charge in [-0.3, -0.25) is 14.9 Å². The van der Waals surface area contributed by atoms with Crippen molar-refractivity contribution in [3.63, 3.8) is 0 Å². The molecule has 1 amide bonds. The van der Waals surface area contributed by atoms with Gasteiger partial charge in [-0.2, -0.15) is 0 Å². The number of nitro benzene ring substituents is 1. The van der Waals surface area contributed by atoms with E-state index in [-0.39, 0.29) is 23.3 Å². The highest BCUT2D eigenvalue weighted by molar-refractivity contribution is 6.05. The SMILES string of the molecule is COc1ccc([N+](=O)[O-])cc1NC(=O)c1ccc2c(c1)[C@H]1[C@@H]3CC[C@@H](C3)[C@@H]1[C@@H](c1ccccc1)N2. The number of non-ortho nitro benzene ring substituents is 1. The number of nitro groups is 1. The third-order valence-electron chi connectivity index (χ3n) is 8.15. The number of methoxy groups -OCH3 is 1. The number of hydrogen-bond donors (Lipinski definition) is 2. The maximum absolute atomic E-state index is 13.2. The number of rotatable bonds is 5. The Morgan fingerprint density at radius 2 is 1.86 bits per heavy atom. The summed E-state index contributed by atoms with van der Waals surface area (Å²) < 4.78 is 5.30. The number of nitrogens with zero attached hydrogens (tertiary/aromatic N) is 1. The first-order chi connectivity index (χ1) is 17.0. The summed E-state index contributed by atoms with van der Waals surface area (Å²) in [5, 5.41) is 17.8. The third-order valence-corrected chi connectivity index (χ3v) is 8.15. The molecule has 5 atom stereocenters. The molecule has 3 aromatic carbocycles. The topological polar surface area (TPSA) is 93.5 Å². The molecule has 6 rings (SSSR count). The number of carbonyl (C=O) groups excluding carboxylic acids is 1. The standard InChI is InChI=1S/C28H27N3O4/c1-35-24-12-10-20(31(33)34)15-23(24)30-28(32)19-9-11-22-21(14-19)25-17-7-8-18(13-17)26(25)27(29-22)16-5-3-2-4-6-16/h2-6,9-12,14-15,17-18,25-27,29H,7-8,13H2,1H3,(H,30,32)/t17-,18+,25-,26+,27-/m1/s1. The average molecular weight is 470 g/mol. The van der Waals surface area contributed by atoms with E-state index in [0.29, 0.717) is 35.0 Å². The molecule has 178 valence electrons. The molecule has 3 aromatic rings. The maximum Gasteiger partial charge on any atom is 0.271 e. The number of fused-ring (bicyclic) bond motifs is 7. The van der Waals surface area contributed by atoms with E-state index in [9.17, 15) is 14.9 Å². The predicted molar refractivity (Wildman–Crippen MR) is 134 cm³/mol. The van der Waals surface area contributed by atoms with Crippen molar-refractivity contribution >= 4 is 23.0 Å². The number of ether oxygens (including phenoxy) is 1. The number of hydrogen-bond acceptors (Lipinski definition) is 5. The van der Waals surface area contributed by atoms with Gasteiger partial charge in [0.05, 0.1) is 23.8 Å². The van der Waals surface area contributed by atoms with Crippen LogP contribution >= 0.6 is 0 Å². The first kappa shape index (κ1) is 21.6. The van der Waals surface area contributed by atoms with E-state index in [2.05, 4.69) is 41.0 Å². The van der Waals surface area contributed by atoms with E-state index in [1.54, 1.807) is 0 Å². The number of anilines is 2. The summed E-state index contributed by atoms with van der Waals surface area (Å²) in [6.07, 6.45) is 3.77. The van der Waals surface area contributed by atoms with Gasteiger partial charge in [0.2, 0.25) is 0 Å². The van der Waals surface area contributed by atoms with E-state index in [4.69, 9.17) is 4.74 Å². The first-order valence-electron chi connectivity index (χ1n) is 12.1. The van der Waals surface area contributed by atoms with E-state index in [0.717, 1.165) is 5.69 Å². The molecule has 7 heteroatoms. The molecule has 1 aliphatic heterocycles. The highest BCUT2D eigenvalue weighted by Crippen LogP contribution is 2.63. The van der Waals surface area contributed by atoms with Gasteiger partial charge < -0.3 is 15.4 Å². The Labute approximate surface area is 203 Å². The van der Waals surface area contributed by atoms with Crippen molar-refractivity contribution in [1.82, 2.24) is 0 Å². The number of amides is 1. The van der Waals surface area contributed by atoms with E-state index in [1.807, 2.05) is 18.2 Å². The molecule has 0 radical (unpaired) electrons. The minimum Gasteiger partial charge on any atom is -0.495 e. The van der Waals surface area contributed by atoms with Crippen LogP contribution < -0.4 is 15.4 Å². The lowest BCUT2D eigenvalue weighted by Crippen LogP contribution is -2.35. The zero-order valence-electron chi connectivity index (χ0n) is 19.4. The van der Waals surface area contributed by atoms with Crippen LogP contribution in [0.2, 0.25) is 0 Å². The fraction of sp³-hybridized carbons (Fsp3) is 0.321. The predicted octanol–water partition coefficient (Wildman–Crippen LogP) is 6.15. The van der Waals surface area contributed by atoms with E-state index < -0.39 is 4.92 Å². The van der Waals surface area contributed by atoms with Gasteiger partial charge in [-0.05, 0) is 78.3 Å². The Balaban J connectivity index is 1.33. The summed E-state index contributed by atoms with van der Waals surface area (Å²) in [7, 11) is 1.47. The van der Waals surface area contributed by atoms with Crippen LogP contribution in [0.3, 0.4) is 0 Å². The van der Waals surface area contributed by atoms with Gasteiger partial charge in [0, 0.05) is 23.4 Å². The number of nitrogens with one attached hydrogen (secondary N) is 2.